The van der Waals surface area contributed by atoms with Crippen molar-refractivity contribution in [2.24, 2.45) is 29.6 Å². The zero-order valence-corrected chi connectivity index (χ0v) is 65.3. The van der Waals surface area contributed by atoms with Crippen LogP contribution in [0.5, 0.6) is 5.75 Å². The van der Waals surface area contributed by atoms with E-state index in [0.29, 0.717) is 57.5 Å². The van der Waals surface area contributed by atoms with Crippen molar-refractivity contribution in [3.63, 3.8) is 0 Å². The van der Waals surface area contributed by atoms with Crippen LogP contribution < -0.4 is 56.2 Å². The number of aliphatic hydroxyl groups is 1. The smallest absolute Gasteiger partial charge is 0.335 e. The number of ether oxygens (including phenoxy) is 1. The molecule has 0 spiro atoms. The fourth-order valence-corrected chi connectivity index (χ4v) is 13.7. The lowest BCUT2D eigenvalue weighted by molar-refractivity contribution is -0.138. The molecular formula is C91H79ClN10O18. The Labute approximate surface area is 692 Å². The van der Waals surface area contributed by atoms with Crippen molar-refractivity contribution in [1.29, 1.82) is 0 Å². The van der Waals surface area contributed by atoms with E-state index < -0.39 is 125 Å². The number of rotatable bonds is 20. The molecule has 20 amide bonds. The molecule has 7 N–H and O–H groups in total. The Morgan fingerprint density at radius 3 is 1.10 bits per heavy atom. The molecule has 5 saturated heterocycles. The molecule has 608 valence electrons. The van der Waals surface area contributed by atoms with E-state index in [0.717, 1.165) is 53.0 Å². The first-order valence-corrected chi connectivity index (χ1v) is 38.1. The predicted octanol–water partition coefficient (Wildman–Crippen LogP) is 11.4. The maximum Gasteiger partial charge on any atom is 0.335 e. The summed E-state index contributed by atoms with van der Waals surface area (Å²) in [4.78, 5) is 200. The molecule has 0 saturated carbocycles. The van der Waals surface area contributed by atoms with Crippen LogP contribution in [0, 0.1) is 36.5 Å². The highest BCUT2D eigenvalue weighted by Crippen LogP contribution is 2.34. The van der Waals surface area contributed by atoms with Crippen molar-refractivity contribution in [2.75, 3.05) is 26.7 Å². The summed E-state index contributed by atoms with van der Waals surface area (Å²) >= 11 is 5.93. The van der Waals surface area contributed by atoms with Gasteiger partial charge in [0.1, 0.15) is 35.3 Å². The molecule has 29 heteroatoms. The molecule has 10 aromatic rings. The first kappa shape index (κ1) is 85.8. The number of carbonyl (C=O) groups excluding carboxylic acids is 16. The number of hydrogen-bond donors (Lipinski definition) is 7. The standard InChI is InChI=1S/C20H18N2O5.C18H16N2O4.2C18H16N2O3.C17H13ClN2O3/c1-27-14-9-7-12(8-10-14)15(11-16(23)13-5-3-2-4-6-13)17-18(24)21-20(26)22-19(17)25;21-11-13-8-6-12(7-9-13)10-15-16(22)19-18(24)20(17(15)23)14-4-2-1-3-5-14;1-12-7-9-13(10-8-12)11-15-16(21)19-18(23)20(17(15)22)14-5-3-2-4-6-14;21-16-15(12-11-13-7-3-1-4-8-13)17(22)20(18(23)19-16)14-9-5-2-6-10-14;18-12-6-4-5-11(9-12)10-14-15(21)19-17(23)20(16(14)22)13-7-2-1-3-8-13/h2-10,15,17H,11H2,1H3,(H2,21,22,24,25,26);1-9,15,21H,10-11H2,(H,19,22,24);2-10,15H,11H2,1H3,(H,19,21,23);1-10,15H,11-12H2,(H,19,21,23);1-9,14H,10H2,(H,19,21,23). The number of nitrogens with zero attached hydrogens (tertiary/aromatic N) is 4. The van der Waals surface area contributed by atoms with Gasteiger partial charge in [0.05, 0.1) is 36.5 Å². The number of urea groups is 5. The predicted molar refractivity (Wildman–Crippen MR) is 441 cm³/mol. The average Bonchev–Trinajstić information content (AvgIpc) is 0.812. The summed E-state index contributed by atoms with van der Waals surface area (Å²) in [5.41, 5.74) is 8.22. The van der Waals surface area contributed by atoms with Crippen molar-refractivity contribution < 1.29 is 86.6 Å². The largest absolute Gasteiger partial charge is 0.497 e. The normalized spacial score (nSPS) is 17.4. The summed E-state index contributed by atoms with van der Waals surface area (Å²) in [7, 11) is 1.53. The minimum Gasteiger partial charge on any atom is -0.497 e. The summed E-state index contributed by atoms with van der Waals surface area (Å²) < 4.78 is 5.13. The number of anilines is 4. The lowest BCUT2D eigenvalue weighted by atomic mass is 9.79. The maximum atomic E-state index is 12.7. The summed E-state index contributed by atoms with van der Waals surface area (Å²) in [6.45, 7) is 1.90. The summed E-state index contributed by atoms with van der Waals surface area (Å²) in [5.74, 6) is -10.9. The SMILES string of the molecule is COc1ccc(C(CC(=O)c2ccccc2)C2C(=O)NC(=O)NC2=O)cc1.Cc1ccc(CC2C(=O)NC(=O)N(c3ccccc3)C2=O)cc1.O=C1NC(=O)N(c2ccccc2)C(=O)C1CCc1ccccc1.O=C1NC(=O)N(c2ccccc2)C(=O)C1Cc1ccc(CO)cc1.O=C1NC(=O)N(c2ccccc2)C(=O)C1Cc1cccc(Cl)c1. The van der Waals surface area contributed by atoms with Gasteiger partial charge in [-0.2, -0.15) is 0 Å². The third kappa shape index (κ3) is 21.7. The molecule has 28 nitrogen and oxygen atoms in total. The van der Waals surface area contributed by atoms with Crippen LogP contribution >= 0.6 is 11.6 Å². The van der Waals surface area contributed by atoms with Crippen LogP contribution in [0.4, 0.5) is 46.7 Å². The van der Waals surface area contributed by atoms with E-state index in [2.05, 4.69) is 31.9 Å². The van der Waals surface area contributed by atoms with Crippen molar-refractivity contribution >= 4 is 129 Å². The van der Waals surface area contributed by atoms with Gasteiger partial charge in [0.25, 0.3) is 0 Å². The van der Waals surface area contributed by atoms with Crippen LogP contribution in [-0.4, -0.2) is 107 Å². The molecule has 15 rings (SSSR count). The molecule has 0 aliphatic carbocycles. The Kier molecular flexibility index (Phi) is 29.0. The van der Waals surface area contributed by atoms with E-state index in [9.17, 15) is 76.7 Å². The molecule has 5 fully saturated rings. The van der Waals surface area contributed by atoms with Crippen LogP contribution in [0.25, 0.3) is 0 Å². The fourth-order valence-electron chi connectivity index (χ4n) is 13.5. The highest BCUT2D eigenvalue weighted by Gasteiger charge is 2.46. The summed E-state index contributed by atoms with van der Waals surface area (Å²) in [5, 5.41) is 22.8. The van der Waals surface area contributed by atoms with E-state index >= 15 is 0 Å². The van der Waals surface area contributed by atoms with Crippen LogP contribution in [-0.2, 0) is 80.2 Å². The van der Waals surface area contributed by atoms with Crippen LogP contribution in [0.2, 0.25) is 5.02 Å². The number of ketones is 1. The third-order valence-electron chi connectivity index (χ3n) is 19.7. The Bertz CT molecular complexity index is 5460. The van der Waals surface area contributed by atoms with Crippen molar-refractivity contribution in [1.82, 2.24) is 31.9 Å². The Morgan fingerprint density at radius 1 is 0.375 bits per heavy atom. The Hall–Kier alpha value is -15.0. The molecule has 0 bridgehead atoms. The Balaban J connectivity index is 0.000000147. The highest BCUT2D eigenvalue weighted by molar-refractivity contribution is 6.32. The molecular weight excluding hydrogens is 1560 g/mol. The first-order chi connectivity index (χ1) is 57.9. The molecule has 0 radical (unpaired) electrons. The number of nitrogens with one attached hydrogen (secondary N) is 6. The van der Waals surface area contributed by atoms with Crippen molar-refractivity contribution in [2.45, 2.75) is 58.0 Å². The van der Waals surface area contributed by atoms with E-state index in [4.69, 9.17) is 21.4 Å². The highest BCUT2D eigenvalue weighted by atomic mass is 35.5. The number of methoxy groups -OCH3 is 1. The van der Waals surface area contributed by atoms with Gasteiger partial charge in [0.15, 0.2) is 5.78 Å². The van der Waals surface area contributed by atoms with Gasteiger partial charge in [-0.15, -0.1) is 0 Å². The number of para-hydroxylation sites is 4. The van der Waals surface area contributed by atoms with Crippen LogP contribution in [0.15, 0.2) is 279 Å². The van der Waals surface area contributed by atoms with Gasteiger partial charge in [-0.3, -0.25) is 84.6 Å². The molecule has 5 atom stereocenters. The van der Waals surface area contributed by atoms with Gasteiger partial charge in [-0.05, 0) is 145 Å². The molecule has 10 aromatic carbocycles. The van der Waals surface area contributed by atoms with Gasteiger partial charge in [-0.25, -0.2) is 43.6 Å². The minimum atomic E-state index is -1.19. The van der Waals surface area contributed by atoms with Crippen LogP contribution in [0.1, 0.15) is 68.1 Å². The second-order valence-corrected chi connectivity index (χ2v) is 28.2. The number of hydrogen-bond acceptors (Lipinski definition) is 18. The number of halogens is 1. The van der Waals surface area contributed by atoms with Gasteiger partial charge < -0.3 is 9.84 Å². The van der Waals surface area contributed by atoms with E-state index in [-0.39, 0.29) is 38.1 Å². The summed E-state index contributed by atoms with van der Waals surface area (Å²) in [6.07, 6.45) is 1.54. The van der Waals surface area contributed by atoms with Gasteiger partial charge in [0, 0.05) is 22.9 Å². The van der Waals surface area contributed by atoms with Crippen LogP contribution in [0.3, 0.4) is 0 Å². The first-order valence-electron chi connectivity index (χ1n) is 37.7. The number of barbiturate groups is 5. The molecule has 5 aliphatic rings. The zero-order chi connectivity index (χ0) is 85.5. The summed E-state index contributed by atoms with van der Waals surface area (Å²) in [6, 6.07) is 77.2. The second-order valence-electron chi connectivity index (χ2n) is 27.8. The molecule has 120 heavy (non-hydrogen) atoms. The van der Waals surface area contributed by atoms with E-state index in [1.54, 1.807) is 224 Å². The molecule has 5 unspecified atom stereocenters. The van der Waals surface area contributed by atoms with Gasteiger partial charge >= 0.3 is 30.2 Å². The fraction of sp³-hybridized carbons (Fsp3) is 0.165. The number of amides is 20. The number of benzene rings is 10. The number of carbonyl (C=O) groups is 16. The second kappa shape index (κ2) is 40.5. The Morgan fingerprint density at radius 2 is 0.717 bits per heavy atom. The lowest BCUT2D eigenvalue weighted by Gasteiger charge is -2.30. The lowest BCUT2D eigenvalue weighted by Crippen LogP contribution is -2.58. The number of aryl methyl sites for hydroxylation is 2. The van der Waals surface area contributed by atoms with Crippen molar-refractivity contribution in [3.8, 4) is 5.75 Å². The third-order valence-corrected chi connectivity index (χ3v) is 20.0. The minimum absolute atomic E-state index is 0.0595. The zero-order valence-electron chi connectivity index (χ0n) is 64.5. The van der Waals surface area contributed by atoms with Gasteiger partial charge in [0.2, 0.25) is 59.1 Å². The number of aliphatic hydroxyl groups excluding tert-OH is 1. The number of Topliss-reactive ketones (excluding diaryl/α,β-unsaturated/α-hetero) is 1. The molecule has 5 aliphatic heterocycles. The number of imide groups is 10. The topological polar surface area (TPSA) is 388 Å². The molecule has 5 heterocycles. The monoisotopic (exact) mass is 1630 g/mol. The van der Waals surface area contributed by atoms with E-state index in [1.165, 1.54) is 7.11 Å². The van der Waals surface area contributed by atoms with E-state index in [1.807, 2.05) is 61.5 Å². The quantitative estimate of drug-likeness (QED) is 0.0275. The maximum absolute atomic E-state index is 12.7. The average molecular weight is 1640 g/mol. The van der Waals surface area contributed by atoms with Gasteiger partial charge in [-0.1, -0.05) is 223 Å². The molecule has 0 aromatic heterocycles. The van der Waals surface area contributed by atoms with Crippen molar-refractivity contribution in [3.05, 3.63) is 329 Å².